The maximum atomic E-state index is 12.9. The predicted octanol–water partition coefficient (Wildman–Crippen LogP) is 3.32. The number of rotatable bonds is 9. The van der Waals surface area contributed by atoms with Crippen molar-refractivity contribution < 1.29 is 14.7 Å². The standard InChI is InChI=1S/C21H25ClN2O3/c1-2-19(26)24(15-16-9-11-18(22)12-10-16)20(17-7-4-3-5-8-17)21(27)23-13-6-14-25/h3-5,7-12,20,25H,2,6,13-15H2,1H3,(H,23,27)/t20-/m1/s1. The van der Waals surface area contributed by atoms with Crippen LogP contribution in [0.5, 0.6) is 0 Å². The van der Waals surface area contributed by atoms with E-state index in [1.807, 2.05) is 42.5 Å². The van der Waals surface area contributed by atoms with Crippen molar-refractivity contribution in [2.24, 2.45) is 0 Å². The molecule has 1 atom stereocenters. The first-order chi connectivity index (χ1) is 13.1. The third-order valence-electron chi connectivity index (χ3n) is 4.20. The third-order valence-corrected chi connectivity index (χ3v) is 4.45. The molecule has 27 heavy (non-hydrogen) atoms. The van der Waals surface area contributed by atoms with Crippen molar-refractivity contribution in [3.8, 4) is 0 Å². The molecule has 0 saturated carbocycles. The molecule has 5 nitrogen and oxygen atoms in total. The third kappa shape index (κ3) is 6.08. The Morgan fingerprint density at radius 1 is 1.11 bits per heavy atom. The highest BCUT2D eigenvalue weighted by molar-refractivity contribution is 6.30. The summed E-state index contributed by atoms with van der Waals surface area (Å²) < 4.78 is 0. The number of benzene rings is 2. The minimum atomic E-state index is -0.743. The van der Waals surface area contributed by atoms with Crippen molar-refractivity contribution in [1.82, 2.24) is 10.2 Å². The average molecular weight is 389 g/mol. The van der Waals surface area contributed by atoms with E-state index in [4.69, 9.17) is 16.7 Å². The van der Waals surface area contributed by atoms with E-state index in [0.29, 0.717) is 31.0 Å². The van der Waals surface area contributed by atoms with Crippen molar-refractivity contribution >= 4 is 23.4 Å². The van der Waals surface area contributed by atoms with Gasteiger partial charge in [-0.1, -0.05) is 61.0 Å². The number of amides is 2. The molecular formula is C21H25ClN2O3. The van der Waals surface area contributed by atoms with Crippen LogP contribution in [-0.4, -0.2) is 35.0 Å². The summed E-state index contributed by atoms with van der Waals surface area (Å²) in [5.41, 5.74) is 1.64. The normalized spacial score (nSPS) is 11.7. The van der Waals surface area contributed by atoms with Crippen molar-refractivity contribution in [3.63, 3.8) is 0 Å². The lowest BCUT2D eigenvalue weighted by molar-refractivity contribution is -0.141. The molecule has 144 valence electrons. The van der Waals surface area contributed by atoms with Crippen LogP contribution in [0.3, 0.4) is 0 Å². The van der Waals surface area contributed by atoms with Crippen LogP contribution in [0, 0.1) is 0 Å². The zero-order valence-corrected chi connectivity index (χ0v) is 16.2. The predicted molar refractivity (Wildman–Crippen MR) is 106 cm³/mol. The maximum absolute atomic E-state index is 12.9. The van der Waals surface area contributed by atoms with Gasteiger partial charge in [0.2, 0.25) is 11.8 Å². The fourth-order valence-corrected chi connectivity index (χ4v) is 2.93. The molecule has 0 unspecified atom stereocenters. The Labute approximate surface area is 165 Å². The van der Waals surface area contributed by atoms with Gasteiger partial charge in [0.1, 0.15) is 6.04 Å². The van der Waals surface area contributed by atoms with Crippen molar-refractivity contribution in [2.45, 2.75) is 32.4 Å². The molecule has 2 aromatic rings. The molecule has 0 aliphatic carbocycles. The van der Waals surface area contributed by atoms with Crippen LogP contribution in [0.1, 0.15) is 36.9 Å². The van der Waals surface area contributed by atoms with Gasteiger partial charge in [-0.25, -0.2) is 0 Å². The van der Waals surface area contributed by atoms with E-state index in [2.05, 4.69) is 5.32 Å². The SMILES string of the molecule is CCC(=O)N(Cc1ccc(Cl)cc1)[C@@H](C(=O)NCCCO)c1ccccc1. The van der Waals surface area contributed by atoms with Crippen LogP contribution in [0.25, 0.3) is 0 Å². The molecule has 2 amide bonds. The number of hydrogen-bond acceptors (Lipinski definition) is 3. The van der Waals surface area contributed by atoms with Crippen LogP contribution >= 0.6 is 11.6 Å². The molecular weight excluding hydrogens is 364 g/mol. The summed E-state index contributed by atoms with van der Waals surface area (Å²) in [7, 11) is 0. The monoisotopic (exact) mass is 388 g/mol. The van der Waals surface area contributed by atoms with Crippen LogP contribution in [0.2, 0.25) is 5.02 Å². The van der Waals surface area contributed by atoms with Gasteiger partial charge < -0.3 is 15.3 Å². The maximum Gasteiger partial charge on any atom is 0.247 e. The summed E-state index contributed by atoms with van der Waals surface area (Å²) in [6.07, 6.45) is 0.757. The van der Waals surface area contributed by atoms with Crippen LogP contribution in [-0.2, 0) is 16.1 Å². The Morgan fingerprint density at radius 2 is 1.78 bits per heavy atom. The van der Waals surface area contributed by atoms with Gasteiger partial charge in [0, 0.05) is 31.1 Å². The van der Waals surface area contributed by atoms with E-state index < -0.39 is 6.04 Å². The second kappa shape index (κ2) is 10.7. The molecule has 0 aliphatic rings. The zero-order chi connectivity index (χ0) is 19.6. The quantitative estimate of drug-likeness (QED) is 0.647. The molecule has 0 saturated heterocycles. The number of nitrogens with zero attached hydrogens (tertiary/aromatic N) is 1. The summed E-state index contributed by atoms with van der Waals surface area (Å²) in [6.45, 7) is 2.44. The second-order valence-electron chi connectivity index (χ2n) is 6.18. The molecule has 0 aliphatic heterocycles. The van der Waals surface area contributed by atoms with Crippen LogP contribution in [0.4, 0.5) is 0 Å². The van der Waals surface area contributed by atoms with Gasteiger partial charge in [-0.3, -0.25) is 9.59 Å². The molecule has 2 rings (SSSR count). The van der Waals surface area contributed by atoms with E-state index in [9.17, 15) is 9.59 Å². The molecule has 0 radical (unpaired) electrons. The molecule has 0 heterocycles. The van der Waals surface area contributed by atoms with Gasteiger partial charge >= 0.3 is 0 Å². The number of hydrogen-bond donors (Lipinski definition) is 2. The molecule has 0 spiro atoms. The lowest BCUT2D eigenvalue weighted by Gasteiger charge is -2.31. The first-order valence-corrected chi connectivity index (χ1v) is 9.42. The zero-order valence-electron chi connectivity index (χ0n) is 15.4. The Balaban J connectivity index is 2.35. The minimum absolute atomic E-state index is 0.00133. The van der Waals surface area contributed by atoms with Gasteiger partial charge in [0.15, 0.2) is 0 Å². The molecule has 0 aromatic heterocycles. The van der Waals surface area contributed by atoms with E-state index in [1.54, 1.807) is 24.0 Å². The largest absolute Gasteiger partial charge is 0.396 e. The molecule has 6 heteroatoms. The van der Waals surface area contributed by atoms with E-state index in [0.717, 1.165) is 11.1 Å². The smallest absolute Gasteiger partial charge is 0.247 e. The lowest BCUT2D eigenvalue weighted by Crippen LogP contribution is -2.43. The molecule has 0 bridgehead atoms. The van der Waals surface area contributed by atoms with Gasteiger partial charge in [0.05, 0.1) is 0 Å². The minimum Gasteiger partial charge on any atom is -0.396 e. The van der Waals surface area contributed by atoms with Gasteiger partial charge in [-0.15, -0.1) is 0 Å². The number of aliphatic hydroxyl groups is 1. The average Bonchev–Trinajstić information content (AvgIpc) is 2.69. The highest BCUT2D eigenvalue weighted by Crippen LogP contribution is 2.25. The molecule has 2 aromatic carbocycles. The first kappa shape index (κ1) is 20.9. The Morgan fingerprint density at radius 3 is 2.37 bits per heavy atom. The van der Waals surface area contributed by atoms with Crippen LogP contribution in [0.15, 0.2) is 54.6 Å². The number of carbonyl (C=O) groups excluding carboxylic acids is 2. The van der Waals surface area contributed by atoms with E-state index >= 15 is 0 Å². The first-order valence-electron chi connectivity index (χ1n) is 9.04. The Bertz CT molecular complexity index is 735. The summed E-state index contributed by atoms with van der Waals surface area (Å²) in [5.74, 6) is -0.374. The summed E-state index contributed by atoms with van der Waals surface area (Å²) in [4.78, 5) is 27.2. The van der Waals surface area contributed by atoms with Crippen molar-refractivity contribution in [1.29, 1.82) is 0 Å². The number of aliphatic hydroxyl groups excluding tert-OH is 1. The Hall–Kier alpha value is -2.37. The number of nitrogens with one attached hydrogen (secondary N) is 1. The molecule has 2 N–H and O–H groups in total. The highest BCUT2D eigenvalue weighted by Gasteiger charge is 2.30. The highest BCUT2D eigenvalue weighted by atomic mass is 35.5. The topological polar surface area (TPSA) is 69.6 Å². The van der Waals surface area contributed by atoms with Crippen LogP contribution < -0.4 is 5.32 Å². The number of halogens is 1. The van der Waals surface area contributed by atoms with Crippen molar-refractivity contribution in [2.75, 3.05) is 13.2 Å². The van der Waals surface area contributed by atoms with Crippen molar-refractivity contribution in [3.05, 3.63) is 70.7 Å². The fourth-order valence-electron chi connectivity index (χ4n) is 2.81. The van der Waals surface area contributed by atoms with Gasteiger partial charge in [0.25, 0.3) is 0 Å². The number of carbonyl (C=O) groups is 2. The summed E-state index contributed by atoms with van der Waals surface area (Å²) >= 11 is 5.95. The second-order valence-corrected chi connectivity index (χ2v) is 6.62. The van der Waals surface area contributed by atoms with Gasteiger partial charge in [-0.05, 0) is 29.7 Å². The lowest BCUT2D eigenvalue weighted by atomic mass is 10.0. The van der Waals surface area contributed by atoms with Gasteiger partial charge in [-0.2, -0.15) is 0 Å². The summed E-state index contributed by atoms with van der Waals surface area (Å²) in [5, 5.41) is 12.4. The Kier molecular flexibility index (Phi) is 8.30. The van der Waals surface area contributed by atoms with E-state index in [-0.39, 0.29) is 18.4 Å². The fraction of sp³-hybridized carbons (Fsp3) is 0.333. The summed E-state index contributed by atoms with van der Waals surface area (Å²) in [6, 6.07) is 15.7. The molecule has 0 fully saturated rings. The van der Waals surface area contributed by atoms with E-state index in [1.165, 1.54) is 0 Å².